The van der Waals surface area contributed by atoms with E-state index in [2.05, 4.69) is 10.6 Å². The number of sulfonamides is 1. The third kappa shape index (κ3) is 5.77. The summed E-state index contributed by atoms with van der Waals surface area (Å²) in [4.78, 5) is 24.1. The summed E-state index contributed by atoms with van der Waals surface area (Å²) in [5.74, 6) is -1.52. The van der Waals surface area contributed by atoms with Crippen molar-refractivity contribution in [1.29, 1.82) is 0 Å². The fourth-order valence-electron chi connectivity index (χ4n) is 3.51. The van der Waals surface area contributed by atoms with Gasteiger partial charge in [-0.1, -0.05) is 31.0 Å². The van der Waals surface area contributed by atoms with Crippen molar-refractivity contribution in [2.24, 2.45) is 0 Å². The Morgan fingerprint density at radius 1 is 1.14 bits per heavy atom. The van der Waals surface area contributed by atoms with Crippen molar-refractivity contribution >= 4 is 21.8 Å². The molecule has 1 heterocycles. The van der Waals surface area contributed by atoms with Gasteiger partial charge in [-0.2, -0.15) is 4.31 Å². The number of benzene rings is 1. The molecule has 1 aromatic carbocycles. The number of aryl methyl sites for hydroxylation is 3. The largest absolute Gasteiger partial charge is 0.360 e. The third-order valence-electron chi connectivity index (χ3n) is 4.78. The number of hydrogen-bond acceptors (Lipinski definition) is 5. The Bertz CT molecular complexity index is 831. The molecule has 0 aliphatic carbocycles. The minimum atomic E-state index is -3.82. The first-order valence-corrected chi connectivity index (χ1v) is 11.4. The fourth-order valence-corrected chi connectivity index (χ4v) is 5.49. The summed E-state index contributed by atoms with van der Waals surface area (Å²) in [7, 11) is -3.82. The minimum absolute atomic E-state index is 0.0940. The van der Waals surface area contributed by atoms with Crippen molar-refractivity contribution in [2.45, 2.75) is 58.1 Å². The second-order valence-electron chi connectivity index (χ2n) is 7.34. The maximum Gasteiger partial charge on any atom is 0.309 e. The summed E-state index contributed by atoms with van der Waals surface area (Å²) in [6.07, 6.45) is 1.39. The van der Waals surface area contributed by atoms with Crippen molar-refractivity contribution in [1.82, 2.24) is 14.9 Å². The van der Waals surface area contributed by atoms with Crippen LogP contribution in [0.1, 0.15) is 42.9 Å². The van der Waals surface area contributed by atoms with Gasteiger partial charge in [0.25, 0.3) is 0 Å². The number of amides is 2. The van der Waals surface area contributed by atoms with E-state index in [4.69, 9.17) is 4.74 Å². The van der Waals surface area contributed by atoms with Gasteiger partial charge < -0.3 is 15.4 Å². The Morgan fingerprint density at radius 2 is 1.76 bits per heavy atom. The van der Waals surface area contributed by atoms with Crippen molar-refractivity contribution in [3.05, 3.63) is 28.8 Å². The van der Waals surface area contributed by atoms with Gasteiger partial charge in [0.2, 0.25) is 10.0 Å². The molecule has 1 aliphatic rings. The Morgan fingerprint density at radius 3 is 2.38 bits per heavy atom. The topological polar surface area (TPSA) is 105 Å². The Labute approximate surface area is 173 Å². The van der Waals surface area contributed by atoms with Gasteiger partial charge in [-0.3, -0.25) is 9.59 Å². The molecule has 29 heavy (non-hydrogen) atoms. The lowest BCUT2D eigenvalue weighted by atomic mass is 10.1. The fraction of sp³-hybridized carbons (Fsp3) is 0.600. The van der Waals surface area contributed by atoms with Crippen molar-refractivity contribution < 1.29 is 22.7 Å². The standard InChI is InChI=1S/C20H31N3O5S/c1-5-6-8-21-19(24)20(25)22-13-17-23(9-7-10-28-17)29(26,27)18-15(3)11-14(2)12-16(18)4/h11-12,17H,5-10,13H2,1-4H3,(H,21,24)(H,22,25). The third-order valence-corrected chi connectivity index (χ3v) is 6.98. The first-order chi connectivity index (χ1) is 13.7. The second kappa shape index (κ2) is 10.2. The highest BCUT2D eigenvalue weighted by Crippen LogP contribution is 2.28. The molecule has 9 heteroatoms. The van der Waals surface area contributed by atoms with Crippen LogP contribution in [-0.2, 0) is 24.3 Å². The van der Waals surface area contributed by atoms with Crippen molar-refractivity contribution in [3.63, 3.8) is 0 Å². The molecule has 2 N–H and O–H groups in total. The van der Waals surface area contributed by atoms with Crippen LogP contribution in [0.4, 0.5) is 0 Å². The molecule has 1 saturated heterocycles. The van der Waals surface area contributed by atoms with Gasteiger partial charge in [0.1, 0.15) is 6.23 Å². The molecule has 0 radical (unpaired) electrons. The summed E-state index contributed by atoms with van der Waals surface area (Å²) < 4.78 is 33.6. The van der Waals surface area contributed by atoms with Gasteiger partial charge in [0.05, 0.1) is 18.0 Å². The van der Waals surface area contributed by atoms with Crippen LogP contribution in [0.15, 0.2) is 17.0 Å². The number of ether oxygens (including phenoxy) is 1. The van der Waals surface area contributed by atoms with E-state index in [0.29, 0.717) is 37.2 Å². The number of carbonyl (C=O) groups excluding carboxylic acids is 2. The molecule has 1 aliphatic heterocycles. The van der Waals surface area contributed by atoms with Crippen LogP contribution in [0.3, 0.4) is 0 Å². The molecule has 1 aromatic rings. The average molecular weight is 426 g/mol. The summed E-state index contributed by atoms with van der Waals surface area (Å²) >= 11 is 0. The van der Waals surface area contributed by atoms with E-state index in [1.165, 1.54) is 4.31 Å². The maximum absolute atomic E-state index is 13.4. The number of unbranched alkanes of at least 4 members (excludes halogenated alkanes) is 1. The summed E-state index contributed by atoms with van der Waals surface area (Å²) in [5, 5.41) is 5.02. The van der Waals surface area contributed by atoms with Crippen LogP contribution in [-0.4, -0.2) is 57.0 Å². The molecular formula is C20H31N3O5S. The number of nitrogens with one attached hydrogen (secondary N) is 2. The number of rotatable bonds is 7. The smallest absolute Gasteiger partial charge is 0.309 e. The quantitative estimate of drug-likeness (QED) is 0.507. The zero-order valence-corrected chi connectivity index (χ0v) is 18.4. The van der Waals surface area contributed by atoms with Crippen molar-refractivity contribution in [2.75, 3.05) is 26.2 Å². The summed E-state index contributed by atoms with van der Waals surface area (Å²) in [6, 6.07) is 3.67. The van der Waals surface area contributed by atoms with E-state index in [1.807, 2.05) is 26.0 Å². The molecule has 0 saturated carbocycles. The second-order valence-corrected chi connectivity index (χ2v) is 9.17. The molecule has 2 rings (SSSR count). The van der Waals surface area contributed by atoms with Gasteiger partial charge in [-0.15, -0.1) is 0 Å². The number of carbonyl (C=O) groups is 2. The highest BCUT2D eigenvalue weighted by molar-refractivity contribution is 7.89. The zero-order valence-electron chi connectivity index (χ0n) is 17.6. The molecule has 2 amide bonds. The molecule has 8 nitrogen and oxygen atoms in total. The SMILES string of the molecule is CCCCNC(=O)C(=O)NCC1OCCCN1S(=O)(=O)c1c(C)cc(C)cc1C. The Kier molecular flexibility index (Phi) is 8.18. The van der Waals surface area contributed by atoms with E-state index >= 15 is 0 Å². The first kappa shape index (κ1) is 23.3. The highest BCUT2D eigenvalue weighted by Gasteiger charge is 2.36. The van der Waals surface area contributed by atoms with E-state index in [0.717, 1.165) is 18.4 Å². The van der Waals surface area contributed by atoms with Crippen molar-refractivity contribution in [3.8, 4) is 0 Å². The lowest BCUT2D eigenvalue weighted by Crippen LogP contribution is -2.53. The van der Waals surface area contributed by atoms with Gasteiger partial charge in [-0.25, -0.2) is 8.42 Å². The van der Waals surface area contributed by atoms with E-state index in [-0.39, 0.29) is 11.4 Å². The highest BCUT2D eigenvalue weighted by atomic mass is 32.2. The molecule has 1 atom stereocenters. The van der Waals surface area contributed by atoms with Crippen LogP contribution in [0.5, 0.6) is 0 Å². The Hall–Kier alpha value is -1.97. The van der Waals surface area contributed by atoms with Crippen LogP contribution in [0, 0.1) is 20.8 Å². The van der Waals surface area contributed by atoms with E-state index in [1.54, 1.807) is 13.8 Å². The molecular weight excluding hydrogens is 394 g/mol. The van der Waals surface area contributed by atoms with E-state index < -0.39 is 28.1 Å². The van der Waals surface area contributed by atoms with Crippen LogP contribution < -0.4 is 10.6 Å². The molecule has 162 valence electrons. The summed E-state index contributed by atoms with van der Waals surface area (Å²) in [6.45, 7) is 8.46. The van der Waals surface area contributed by atoms with Gasteiger partial charge in [0, 0.05) is 13.1 Å². The summed E-state index contributed by atoms with van der Waals surface area (Å²) in [5.41, 5.74) is 2.34. The Balaban J connectivity index is 2.13. The normalized spacial score (nSPS) is 17.7. The van der Waals surface area contributed by atoms with Gasteiger partial charge >= 0.3 is 11.8 Å². The number of nitrogens with zero attached hydrogens (tertiary/aromatic N) is 1. The monoisotopic (exact) mass is 425 g/mol. The van der Waals surface area contributed by atoms with Gasteiger partial charge in [-0.05, 0) is 44.7 Å². The zero-order chi connectivity index (χ0) is 21.6. The average Bonchev–Trinajstić information content (AvgIpc) is 2.65. The molecule has 0 spiro atoms. The predicted octanol–water partition coefficient (Wildman–Crippen LogP) is 1.38. The maximum atomic E-state index is 13.4. The molecule has 1 unspecified atom stereocenters. The van der Waals surface area contributed by atoms with E-state index in [9.17, 15) is 18.0 Å². The molecule has 0 bridgehead atoms. The molecule has 1 fully saturated rings. The van der Waals surface area contributed by atoms with Crippen LogP contribution >= 0.6 is 0 Å². The number of hydrogen-bond donors (Lipinski definition) is 2. The minimum Gasteiger partial charge on any atom is -0.360 e. The van der Waals surface area contributed by atoms with Crippen LogP contribution in [0.25, 0.3) is 0 Å². The van der Waals surface area contributed by atoms with Crippen LogP contribution in [0.2, 0.25) is 0 Å². The predicted molar refractivity (Wildman–Crippen MR) is 110 cm³/mol. The van der Waals surface area contributed by atoms with Gasteiger partial charge in [0.15, 0.2) is 0 Å². The lowest BCUT2D eigenvalue weighted by Gasteiger charge is -2.35. The lowest BCUT2D eigenvalue weighted by molar-refractivity contribution is -0.140. The molecule has 0 aromatic heterocycles. The first-order valence-electron chi connectivity index (χ1n) is 9.95.